The first-order valence-electron chi connectivity index (χ1n) is 11.8. The van der Waals surface area contributed by atoms with Crippen LogP contribution in [0, 0.1) is 0 Å². The van der Waals surface area contributed by atoms with E-state index in [-0.39, 0.29) is 24.8 Å². The van der Waals surface area contributed by atoms with Gasteiger partial charge in [-0.2, -0.15) is 0 Å². The van der Waals surface area contributed by atoms with Gasteiger partial charge in [-0.1, -0.05) is 44.2 Å². The van der Waals surface area contributed by atoms with Gasteiger partial charge in [-0.05, 0) is 64.9 Å². The molecule has 6 nitrogen and oxygen atoms in total. The Hall–Kier alpha value is -3.84. The van der Waals surface area contributed by atoms with Crippen molar-refractivity contribution in [1.29, 1.82) is 0 Å². The van der Waals surface area contributed by atoms with E-state index in [0.29, 0.717) is 28.7 Å². The molecule has 1 unspecified atom stereocenters. The smallest absolute Gasteiger partial charge is 0.251 e. The maximum absolute atomic E-state index is 13.8. The van der Waals surface area contributed by atoms with Gasteiger partial charge in [0.2, 0.25) is 5.91 Å². The van der Waals surface area contributed by atoms with Gasteiger partial charge in [0, 0.05) is 10.6 Å². The fourth-order valence-electron chi connectivity index (χ4n) is 3.98. The van der Waals surface area contributed by atoms with Gasteiger partial charge in [0.1, 0.15) is 17.6 Å². The molecule has 0 bridgehead atoms. The van der Waals surface area contributed by atoms with Gasteiger partial charge in [-0.3, -0.25) is 9.59 Å². The van der Waals surface area contributed by atoms with Gasteiger partial charge in [0.05, 0.1) is 26.3 Å². The average Bonchev–Trinajstić information content (AvgIpc) is 3.59. The predicted octanol–water partition coefficient (Wildman–Crippen LogP) is 6.42. The van der Waals surface area contributed by atoms with Crippen molar-refractivity contribution in [3.63, 3.8) is 0 Å². The average molecular weight is 503 g/mol. The number of carbonyl (C=O) groups is 2. The molecule has 2 heterocycles. The second-order valence-electron chi connectivity index (χ2n) is 8.80. The fraction of sp³-hybridized carbons (Fsp3) is 0.241. The third kappa shape index (κ3) is 6.23. The third-order valence-electron chi connectivity index (χ3n) is 5.97. The van der Waals surface area contributed by atoms with E-state index >= 15 is 0 Å². The van der Waals surface area contributed by atoms with Crippen LogP contribution in [-0.4, -0.2) is 23.8 Å². The number of thiophene rings is 1. The Labute approximate surface area is 215 Å². The van der Waals surface area contributed by atoms with Gasteiger partial charge in [0.25, 0.3) is 5.91 Å². The van der Waals surface area contributed by atoms with Crippen LogP contribution in [0.25, 0.3) is 0 Å². The molecular formula is C29H30N2O4S. The molecule has 1 atom stereocenters. The highest BCUT2D eigenvalue weighted by atomic mass is 32.1. The van der Waals surface area contributed by atoms with Crippen LogP contribution in [0.1, 0.15) is 47.6 Å². The lowest BCUT2D eigenvalue weighted by Gasteiger charge is -2.31. The standard InChI is InChI=1S/C29H30N2O4S/c1-20(2)21-8-12-23(13-9-21)30-29(33)28(22-10-14-24(34-3)15-11-22)31(19-25-6-4-16-35-25)27(32)18-26-7-5-17-36-26/h4-17,20,28H,18-19H2,1-3H3,(H,30,33). The van der Waals surface area contributed by atoms with Crippen LogP contribution in [0.3, 0.4) is 0 Å². The van der Waals surface area contributed by atoms with Crippen molar-refractivity contribution < 1.29 is 18.7 Å². The largest absolute Gasteiger partial charge is 0.497 e. The molecule has 0 saturated heterocycles. The third-order valence-corrected chi connectivity index (χ3v) is 6.85. The minimum atomic E-state index is -0.877. The molecule has 0 saturated carbocycles. The minimum Gasteiger partial charge on any atom is -0.497 e. The minimum absolute atomic E-state index is 0.160. The van der Waals surface area contributed by atoms with E-state index in [2.05, 4.69) is 19.2 Å². The molecule has 0 fully saturated rings. The number of hydrogen-bond acceptors (Lipinski definition) is 5. The lowest BCUT2D eigenvalue weighted by molar-refractivity contribution is -0.139. The van der Waals surface area contributed by atoms with E-state index in [1.165, 1.54) is 16.9 Å². The Morgan fingerprint density at radius 3 is 2.28 bits per heavy atom. The lowest BCUT2D eigenvalue weighted by Crippen LogP contribution is -2.41. The number of nitrogens with zero attached hydrogens (tertiary/aromatic N) is 1. The van der Waals surface area contributed by atoms with Crippen LogP contribution in [0.2, 0.25) is 0 Å². The summed E-state index contributed by atoms with van der Waals surface area (Å²) in [6.45, 7) is 4.41. The highest BCUT2D eigenvalue weighted by molar-refractivity contribution is 7.10. The number of benzene rings is 2. The van der Waals surface area contributed by atoms with E-state index < -0.39 is 6.04 Å². The predicted molar refractivity (Wildman–Crippen MR) is 142 cm³/mol. The Kier molecular flexibility index (Phi) is 8.23. The molecule has 0 aliphatic carbocycles. The van der Waals surface area contributed by atoms with Gasteiger partial charge < -0.3 is 19.4 Å². The Bertz CT molecular complexity index is 1250. The molecule has 4 aromatic rings. The summed E-state index contributed by atoms with van der Waals surface area (Å²) in [7, 11) is 1.59. The zero-order valence-corrected chi connectivity index (χ0v) is 21.5. The van der Waals surface area contributed by atoms with E-state index in [1.54, 1.807) is 42.5 Å². The number of amides is 2. The Morgan fingerprint density at radius 1 is 0.972 bits per heavy atom. The normalized spacial score (nSPS) is 11.8. The summed E-state index contributed by atoms with van der Waals surface area (Å²) in [5, 5.41) is 4.96. The first-order valence-corrected chi connectivity index (χ1v) is 12.7. The summed E-state index contributed by atoms with van der Waals surface area (Å²) in [4.78, 5) is 30.0. The summed E-state index contributed by atoms with van der Waals surface area (Å²) in [5.41, 5.74) is 2.54. The summed E-state index contributed by atoms with van der Waals surface area (Å²) in [5.74, 6) is 1.19. The quantitative estimate of drug-likeness (QED) is 0.271. The van der Waals surface area contributed by atoms with Gasteiger partial charge in [-0.25, -0.2) is 0 Å². The first kappa shape index (κ1) is 25.3. The number of furan rings is 1. The van der Waals surface area contributed by atoms with Crippen LogP contribution < -0.4 is 10.1 Å². The van der Waals surface area contributed by atoms with Crippen LogP contribution in [0.4, 0.5) is 5.69 Å². The zero-order chi connectivity index (χ0) is 25.5. The van der Waals surface area contributed by atoms with Crippen molar-refractivity contribution in [2.24, 2.45) is 0 Å². The van der Waals surface area contributed by atoms with Gasteiger partial charge in [0.15, 0.2) is 0 Å². The molecule has 0 spiro atoms. The van der Waals surface area contributed by atoms with Crippen LogP contribution in [0.15, 0.2) is 88.9 Å². The summed E-state index contributed by atoms with van der Waals surface area (Å²) >= 11 is 1.52. The number of ether oxygens (including phenoxy) is 1. The van der Waals surface area contributed by atoms with Crippen molar-refractivity contribution in [3.05, 3.63) is 106 Å². The molecule has 0 aliphatic rings. The first-order chi connectivity index (χ1) is 17.4. The molecule has 2 aromatic heterocycles. The molecule has 7 heteroatoms. The molecule has 2 amide bonds. The number of anilines is 1. The highest BCUT2D eigenvalue weighted by Gasteiger charge is 2.32. The highest BCUT2D eigenvalue weighted by Crippen LogP contribution is 2.29. The molecule has 0 radical (unpaired) electrons. The van der Waals surface area contributed by atoms with Crippen molar-refractivity contribution in [3.8, 4) is 5.75 Å². The maximum atomic E-state index is 13.8. The lowest BCUT2D eigenvalue weighted by atomic mass is 10.0. The van der Waals surface area contributed by atoms with E-state index in [1.807, 2.05) is 53.9 Å². The van der Waals surface area contributed by atoms with E-state index in [9.17, 15) is 9.59 Å². The van der Waals surface area contributed by atoms with Crippen LogP contribution in [-0.2, 0) is 22.6 Å². The van der Waals surface area contributed by atoms with Gasteiger partial charge >= 0.3 is 0 Å². The zero-order valence-electron chi connectivity index (χ0n) is 20.6. The van der Waals surface area contributed by atoms with Crippen molar-refractivity contribution in [2.45, 2.75) is 38.8 Å². The Balaban J connectivity index is 1.69. The maximum Gasteiger partial charge on any atom is 0.251 e. The molecule has 186 valence electrons. The molecule has 1 N–H and O–H groups in total. The van der Waals surface area contributed by atoms with E-state index in [4.69, 9.17) is 9.15 Å². The molecular weight excluding hydrogens is 472 g/mol. The second-order valence-corrected chi connectivity index (χ2v) is 9.83. The molecule has 36 heavy (non-hydrogen) atoms. The molecule has 0 aliphatic heterocycles. The van der Waals surface area contributed by atoms with Crippen LogP contribution >= 0.6 is 11.3 Å². The topological polar surface area (TPSA) is 71.8 Å². The van der Waals surface area contributed by atoms with Crippen molar-refractivity contribution in [1.82, 2.24) is 4.90 Å². The summed E-state index contributed by atoms with van der Waals surface area (Å²) in [6, 6.07) is 21.6. The number of nitrogens with one attached hydrogen (secondary N) is 1. The number of rotatable bonds is 10. The Morgan fingerprint density at radius 2 is 1.69 bits per heavy atom. The summed E-state index contributed by atoms with van der Waals surface area (Å²) < 4.78 is 10.9. The second kappa shape index (κ2) is 11.7. The number of methoxy groups -OCH3 is 1. The van der Waals surface area contributed by atoms with Gasteiger partial charge in [-0.15, -0.1) is 11.3 Å². The molecule has 2 aromatic carbocycles. The van der Waals surface area contributed by atoms with Crippen LogP contribution in [0.5, 0.6) is 5.75 Å². The monoisotopic (exact) mass is 502 g/mol. The fourth-order valence-corrected chi connectivity index (χ4v) is 4.67. The molecule has 4 rings (SSSR count). The van der Waals surface area contributed by atoms with Crippen molar-refractivity contribution >= 4 is 28.8 Å². The number of carbonyl (C=O) groups excluding carboxylic acids is 2. The summed E-state index contributed by atoms with van der Waals surface area (Å²) in [6.07, 6.45) is 1.76. The van der Waals surface area contributed by atoms with Crippen molar-refractivity contribution in [2.75, 3.05) is 12.4 Å². The number of hydrogen-bond donors (Lipinski definition) is 1. The SMILES string of the molecule is COc1ccc(C(C(=O)Nc2ccc(C(C)C)cc2)N(Cc2ccco2)C(=O)Cc2cccs2)cc1. The van der Waals surface area contributed by atoms with E-state index in [0.717, 1.165) is 4.88 Å².